The van der Waals surface area contributed by atoms with E-state index in [1.54, 1.807) is 12.1 Å². The zero-order valence-corrected chi connectivity index (χ0v) is 17.1. The number of nitrogens with one attached hydrogen (secondary N) is 1. The first-order valence-electron chi connectivity index (χ1n) is 8.47. The molecule has 3 aromatic carbocycles. The van der Waals surface area contributed by atoms with Crippen LogP contribution in [0, 0.1) is 6.92 Å². The second-order valence-electron chi connectivity index (χ2n) is 6.11. The second-order valence-corrected chi connectivity index (χ2v) is 7.90. The molecule has 0 aliphatic carbocycles. The molecule has 1 N–H and O–H groups in total. The Hall–Kier alpha value is -2.60. The van der Waals surface area contributed by atoms with Crippen LogP contribution in [0.3, 0.4) is 0 Å². The zero-order valence-electron chi connectivity index (χ0n) is 14.8. The molecule has 1 aromatic heterocycles. The van der Waals surface area contributed by atoms with Crippen LogP contribution in [-0.4, -0.2) is 10.2 Å². The lowest BCUT2D eigenvalue weighted by atomic mass is 10.2. The molecule has 0 saturated heterocycles. The SMILES string of the molecule is Cc1ccc(Oc2cccc(-c3nnc(Nc4ccc(Cl)c(Cl)c4)s3)c2)cc1. The predicted molar refractivity (Wildman–Crippen MR) is 116 cm³/mol. The Kier molecular flexibility index (Phi) is 5.48. The molecule has 4 rings (SSSR count). The van der Waals surface area contributed by atoms with Crippen molar-refractivity contribution in [2.75, 3.05) is 5.32 Å². The Balaban J connectivity index is 1.51. The van der Waals surface area contributed by atoms with Crippen molar-refractivity contribution in [1.82, 2.24) is 10.2 Å². The van der Waals surface area contributed by atoms with E-state index in [0.29, 0.717) is 15.2 Å². The van der Waals surface area contributed by atoms with Crippen LogP contribution >= 0.6 is 34.5 Å². The van der Waals surface area contributed by atoms with Crippen LogP contribution in [-0.2, 0) is 0 Å². The van der Waals surface area contributed by atoms with Crippen LogP contribution < -0.4 is 10.1 Å². The number of nitrogens with zero attached hydrogens (tertiary/aromatic N) is 2. The van der Waals surface area contributed by atoms with Gasteiger partial charge >= 0.3 is 0 Å². The van der Waals surface area contributed by atoms with E-state index in [9.17, 15) is 0 Å². The lowest BCUT2D eigenvalue weighted by Gasteiger charge is -2.07. The maximum Gasteiger partial charge on any atom is 0.210 e. The molecule has 0 saturated carbocycles. The molecule has 0 radical (unpaired) electrons. The molecule has 0 unspecified atom stereocenters. The number of benzene rings is 3. The van der Waals surface area contributed by atoms with Gasteiger partial charge < -0.3 is 10.1 Å². The first kappa shape index (κ1) is 18.7. The van der Waals surface area contributed by atoms with Crippen molar-refractivity contribution in [1.29, 1.82) is 0 Å². The van der Waals surface area contributed by atoms with Gasteiger partial charge in [0, 0.05) is 11.3 Å². The molecule has 140 valence electrons. The third kappa shape index (κ3) is 4.44. The minimum Gasteiger partial charge on any atom is -0.457 e. The summed E-state index contributed by atoms with van der Waals surface area (Å²) in [6.45, 7) is 2.05. The molecule has 0 amide bonds. The average Bonchev–Trinajstić information content (AvgIpc) is 3.15. The van der Waals surface area contributed by atoms with Crippen molar-refractivity contribution in [3.63, 3.8) is 0 Å². The highest BCUT2D eigenvalue weighted by atomic mass is 35.5. The van der Waals surface area contributed by atoms with Crippen LogP contribution in [0.5, 0.6) is 11.5 Å². The Bertz CT molecular complexity index is 1110. The zero-order chi connectivity index (χ0) is 19.5. The highest BCUT2D eigenvalue weighted by Gasteiger charge is 2.09. The molecule has 0 spiro atoms. The largest absolute Gasteiger partial charge is 0.457 e. The summed E-state index contributed by atoms with van der Waals surface area (Å²) in [4.78, 5) is 0. The Morgan fingerprint density at radius 2 is 1.68 bits per heavy atom. The van der Waals surface area contributed by atoms with Gasteiger partial charge in [0.25, 0.3) is 0 Å². The lowest BCUT2D eigenvalue weighted by molar-refractivity contribution is 0.483. The fourth-order valence-electron chi connectivity index (χ4n) is 2.52. The Morgan fingerprint density at radius 3 is 2.46 bits per heavy atom. The van der Waals surface area contributed by atoms with Crippen molar-refractivity contribution < 1.29 is 4.74 Å². The van der Waals surface area contributed by atoms with Crippen LogP contribution in [0.2, 0.25) is 10.0 Å². The number of rotatable bonds is 5. The van der Waals surface area contributed by atoms with Gasteiger partial charge in [-0.25, -0.2) is 0 Å². The minimum absolute atomic E-state index is 0.484. The smallest absolute Gasteiger partial charge is 0.210 e. The third-order valence-corrected chi connectivity index (χ3v) is 5.56. The standard InChI is InChI=1S/C21H15Cl2N3OS/c1-13-5-8-16(9-6-13)27-17-4-2-3-14(11-17)20-25-26-21(28-20)24-15-7-10-18(22)19(23)12-15/h2-12H,1H3,(H,24,26). The molecule has 28 heavy (non-hydrogen) atoms. The average molecular weight is 428 g/mol. The molecule has 7 heteroatoms. The van der Waals surface area contributed by atoms with E-state index in [0.717, 1.165) is 27.8 Å². The topological polar surface area (TPSA) is 47.0 Å². The normalized spacial score (nSPS) is 10.7. The molecule has 0 fully saturated rings. The molecular weight excluding hydrogens is 413 g/mol. The summed E-state index contributed by atoms with van der Waals surface area (Å²) in [5.41, 5.74) is 2.93. The molecule has 0 bridgehead atoms. The molecule has 0 aliphatic rings. The van der Waals surface area contributed by atoms with Gasteiger partial charge in [0.2, 0.25) is 5.13 Å². The lowest BCUT2D eigenvalue weighted by Crippen LogP contribution is -1.89. The monoisotopic (exact) mass is 427 g/mol. The number of anilines is 2. The summed E-state index contributed by atoms with van der Waals surface area (Å²) in [6, 6.07) is 21.0. The molecule has 0 atom stereocenters. The first-order chi connectivity index (χ1) is 13.6. The van der Waals surface area contributed by atoms with E-state index in [2.05, 4.69) is 15.5 Å². The van der Waals surface area contributed by atoms with E-state index >= 15 is 0 Å². The summed E-state index contributed by atoms with van der Waals surface area (Å²) in [7, 11) is 0. The number of aromatic nitrogens is 2. The number of halogens is 2. The number of hydrogen-bond acceptors (Lipinski definition) is 5. The van der Waals surface area contributed by atoms with E-state index in [1.807, 2.05) is 61.5 Å². The first-order valence-corrected chi connectivity index (χ1v) is 10.0. The highest BCUT2D eigenvalue weighted by molar-refractivity contribution is 7.18. The predicted octanol–water partition coefficient (Wildman–Crippen LogP) is 7.36. The van der Waals surface area contributed by atoms with Gasteiger partial charge in [0.15, 0.2) is 0 Å². The van der Waals surface area contributed by atoms with Crippen molar-refractivity contribution in [3.8, 4) is 22.1 Å². The van der Waals surface area contributed by atoms with E-state index in [4.69, 9.17) is 27.9 Å². The fraction of sp³-hybridized carbons (Fsp3) is 0.0476. The summed E-state index contributed by atoms with van der Waals surface area (Å²) >= 11 is 13.4. The third-order valence-electron chi connectivity index (χ3n) is 3.93. The molecule has 4 nitrogen and oxygen atoms in total. The number of aryl methyl sites for hydroxylation is 1. The summed E-state index contributed by atoms with van der Waals surface area (Å²) in [5.74, 6) is 1.54. The Labute approximate surface area is 176 Å². The van der Waals surface area contributed by atoms with Gasteiger partial charge in [0.05, 0.1) is 10.0 Å². The van der Waals surface area contributed by atoms with Gasteiger partial charge in [-0.2, -0.15) is 0 Å². The maximum absolute atomic E-state index is 6.06. The number of hydrogen-bond donors (Lipinski definition) is 1. The molecule has 4 aromatic rings. The summed E-state index contributed by atoms with van der Waals surface area (Å²) < 4.78 is 5.94. The van der Waals surface area contributed by atoms with Gasteiger partial charge in [-0.05, 0) is 49.4 Å². The molecule has 1 heterocycles. The van der Waals surface area contributed by atoms with Crippen LogP contribution in [0.15, 0.2) is 66.7 Å². The van der Waals surface area contributed by atoms with E-state index in [-0.39, 0.29) is 0 Å². The Morgan fingerprint density at radius 1 is 0.857 bits per heavy atom. The van der Waals surface area contributed by atoms with E-state index in [1.165, 1.54) is 16.9 Å². The van der Waals surface area contributed by atoms with Gasteiger partial charge in [-0.1, -0.05) is 64.4 Å². The van der Waals surface area contributed by atoms with Crippen LogP contribution in [0.4, 0.5) is 10.8 Å². The number of ether oxygens (including phenoxy) is 1. The van der Waals surface area contributed by atoms with Gasteiger partial charge in [-0.15, -0.1) is 10.2 Å². The van der Waals surface area contributed by atoms with Crippen molar-refractivity contribution in [2.24, 2.45) is 0 Å². The quantitative estimate of drug-likeness (QED) is 0.361. The molecular formula is C21H15Cl2N3OS. The van der Waals surface area contributed by atoms with Gasteiger partial charge in [0.1, 0.15) is 16.5 Å². The summed E-state index contributed by atoms with van der Waals surface area (Å²) in [6.07, 6.45) is 0. The summed E-state index contributed by atoms with van der Waals surface area (Å²) in [5, 5.41) is 14.1. The fourth-order valence-corrected chi connectivity index (χ4v) is 3.58. The van der Waals surface area contributed by atoms with E-state index < -0.39 is 0 Å². The minimum atomic E-state index is 0.484. The van der Waals surface area contributed by atoms with Crippen LogP contribution in [0.1, 0.15) is 5.56 Å². The van der Waals surface area contributed by atoms with Gasteiger partial charge in [-0.3, -0.25) is 0 Å². The maximum atomic E-state index is 6.06. The van der Waals surface area contributed by atoms with Crippen molar-refractivity contribution in [2.45, 2.75) is 6.92 Å². The highest BCUT2D eigenvalue weighted by Crippen LogP contribution is 2.33. The van der Waals surface area contributed by atoms with Crippen molar-refractivity contribution in [3.05, 3.63) is 82.3 Å². The van der Waals surface area contributed by atoms with Crippen LogP contribution in [0.25, 0.3) is 10.6 Å². The van der Waals surface area contributed by atoms with Crippen molar-refractivity contribution >= 4 is 45.4 Å². The molecule has 0 aliphatic heterocycles. The second kappa shape index (κ2) is 8.19.